The van der Waals surface area contributed by atoms with Crippen LogP contribution in [0.15, 0.2) is 0 Å². The molecule has 0 aliphatic heterocycles. The molecule has 0 aromatic heterocycles. The van der Waals surface area contributed by atoms with Gasteiger partial charge in [-0.05, 0) is 9.05 Å². The van der Waals surface area contributed by atoms with Gasteiger partial charge in [0.1, 0.15) is 0 Å². The van der Waals surface area contributed by atoms with Gasteiger partial charge in [-0.3, -0.25) is 0 Å². The van der Waals surface area contributed by atoms with Crippen molar-refractivity contribution in [3.8, 4) is 0 Å². The van der Waals surface area contributed by atoms with Gasteiger partial charge in [0.15, 0.2) is 0 Å². The molecule has 0 aromatic carbocycles. The van der Waals surface area contributed by atoms with Gasteiger partial charge in [0, 0.05) is 31.3 Å². The molecule has 0 aliphatic carbocycles. The Balaban J connectivity index is 0. The molecule has 0 fully saturated rings. The maximum absolute atomic E-state index is 9.12. The summed E-state index contributed by atoms with van der Waals surface area (Å²) in [5, 5.41) is 1.25. The van der Waals surface area contributed by atoms with Gasteiger partial charge < -0.3 is 0 Å². The Hall–Kier alpha value is 0.703. The quantitative estimate of drug-likeness (QED) is 0.489. The molecule has 0 aromatic rings. The summed E-state index contributed by atoms with van der Waals surface area (Å²) < 4.78 is 18.2. The fourth-order valence-corrected chi connectivity index (χ4v) is 0. The Morgan fingerprint density at radius 1 is 1.25 bits per heavy atom. The van der Waals surface area contributed by atoms with Crippen LogP contribution >= 0.6 is 0 Å². The van der Waals surface area contributed by atoms with Crippen LogP contribution in [0.4, 0.5) is 9.05 Å². The third kappa shape index (κ3) is 15.9. The molecule has 0 atom stereocenters. The zero-order chi connectivity index (χ0) is 2.71. The minimum absolute atomic E-state index is 0. The molecule has 0 aliphatic rings. The predicted molar refractivity (Wildman–Crippen MR) is 3.30 cm³/mol. The van der Waals surface area contributed by atoms with Gasteiger partial charge in [0.25, 0.3) is 0 Å². The zero-order valence-electron chi connectivity index (χ0n) is 1.66. The Morgan fingerprint density at radius 3 is 1.25 bits per heavy atom. The van der Waals surface area contributed by atoms with Crippen LogP contribution in [0.5, 0.6) is 0 Å². The first-order valence-electron chi connectivity index (χ1n) is 0.309. The van der Waals surface area contributed by atoms with E-state index in [9.17, 15) is 0 Å². The van der Waals surface area contributed by atoms with Crippen molar-refractivity contribution in [3.05, 3.63) is 0 Å². The van der Waals surface area contributed by atoms with Crippen LogP contribution in [0.25, 0.3) is 0 Å². The molecule has 0 N–H and O–H groups in total. The summed E-state index contributed by atoms with van der Waals surface area (Å²) in [6, 6.07) is 0. The van der Waals surface area contributed by atoms with Gasteiger partial charge in [-0.1, -0.05) is 0 Å². The molecule has 0 heterocycles. The Kier molecular flexibility index (Phi) is 20.6. The molecule has 0 unspecified atom stereocenters. The second-order valence-corrected chi connectivity index (χ2v) is 0.0583. The van der Waals surface area contributed by atoms with Crippen molar-refractivity contribution in [3.63, 3.8) is 0 Å². The maximum Gasteiger partial charge on any atom is 0.0209 e. The van der Waals surface area contributed by atoms with E-state index in [0.29, 0.717) is 0 Å². The van der Waals surface area contributed by atoms with Crippen LogP contribution in [0.1, 0.15) is 0 Å². The number of rotatable bonds is 0. The number of hydrogen-bond donors (Lipinski definition) is 0. The fraction of sp³-hybridized carbons (Fsp3) is 0. The first kappa shape index (κ1) is 8.83. The van der Waals surface area contributed by atoms with Gasteiger partial charge in [-0.15, -0.1) is 0 Å². The van der Waals surface area contributed by atoms with E-state index in [4.69, 9.17) is 9.05 Å². The second-order valence-electron chi connectivity index (χ2n) is 0.0583. The van der Waals surface area contributed by atoms with Gasteiger partial charge >= 0.3 is 0 Å². The van der Waals surface area contributed by atoms with Crippen LogP contribution in [0.3, 0.4) is 0 Å². The van der Waals surface area contributed by atoms with Crippen LogP contribution in [-0.4, -0.2) is 0 Å². The average molecular weight is 145 g/mol. The average Bonchev–Trinajstić information content (AvgIpc) is 0.918. The van der Waals surface area contributed by atoms with Crippen molar-refractivity contribution in [2.24, 2.45) is 0 Å². The number of hydrogen-bond acceptors (Lipinski definition) is 1. The normalized spacial score (nSPS) is 4.50. The SMILES string of the molecule is FOF.[Zr]. The molecule has 0 amide bonds. The Bertz CT molecular complexity index is 6.00. The van der Waals surface area contributed by atoms with E-state index < -0.39 is 0 Å². The number of halogens is 2. The molecule has 0 radical (unpaired) electrons. The van der Waals surface area contributed by atoms with Crippen LogP contribution in [-0.2, 0) is 31.3 Å². The molecule has 0 saturated carbocycles. The van der Waals surface area contributed by atoms with Crippen molar-refractivity contribution in [1.29, 1.82) is 0 Å². The molecule has 1 nitrogen and oxygen atoms in total. The summed E-state index contributed by atoms with van der Waals surface area (Å²) in [5.41, 5.74) is 0. The molecule has 4 heavy (non-hydrogen) atoms. The second kappa shape index (κ2) is 9.33. The van der Waals surface area contributed by atoms with Crippen LogP contribution < -0.4 is 0 Å². The summed E-state index contributed by atoms with van der Waals surface area (Å²) in [6.45, 7) is 0. The van der Waals surface area contributed by atoms with Crippen molar-refractivity contribution >= 4 is 0 Å². The van der Waals surface area contributed by atoms with E-state index in [-0.39, 0.29) is 26.2 Å². The minimum Gasteiger partial charge on any atom is -0.0104 e. The third-order valence-electron chi connectivity index (χ3n) is 0. The summed E-state index contributed by atoms with van der Waals surface area (Å²) in [5.74, 6) is 0. The Morgan fingerprint density at radius 2 is 1.25 bits per heavy atom. The predicted octanol–water partition coefficient (Wildman–Crippen LogP) is 0.770. The summed E-state index contributed by atoms with van der Waals surface area (Å²) in [4.78, 5) is 0. The van der Waals surface area contributed by atoms with Gasteiger partial charge in [0.2, 0.25) is 0 Å². The first-order valence-corrected chi connectivity index (χ1v) is 0.309. The summed E-state index contributed by atoms with van der Waals surface area (Å²) >= 11 is 0. The molecular weight excluding hydrogens is 145 g/mol. The van der Waals surface area contributed by atoms with Gasteiger partial charge in [0.05, 0.1) is 0 Å². The molecule has 4 heteroatoms. The molecule has 0 rings (SSSR count). The molecule has 0 spiro atoms. The van der Waals surface area contributed by atoms with Gasteiger partial charge in [-0.2, -0.15) is 0 Å². The topological polar surface area (TPSA) is 9.23 Å². The van der Waals surface area contributed by atoms with Crippen molar-refractivity contribution in [1.82, 2.24) is 0 Å². The molecular formula is F2OZr. The molecule has 0 saturated heterocycles. The van der Waals surface area contributed by atoms with E-state index >= 15 is 0 Å². The Labute approximate surface area is 40.9 Å². The first-order chi connectivity index (χ1) is 1.41. The van der Waals surface area contributed by atoms with Gasteiger partial charge in [-0.25, -0.2) is 0 Å². The van der Waals surface area contributed by atoms with Crippen molar-refractivity contribution in [2.75, 3.05) is 0 Å². The molecule has 0 bridgehead atoms. The minimum atomic E-state index is 0. The third-order valence-corrected chi connectivity index (χ3v) is 0. The van der Waals surface area contributed by atoms with Crippen LogP contribution in [0, 0.1) is 0 Å². The maximum atomic E-state index is 9.12. The van der Waals surface area contributed by atoms with Crippen LogP contribution in [0.2, 0.25) is 0 Å². The smallest absolute Gasteiger partial charge is 0.0104 e. The summed E-state index contributed by atoms with van der Waals surface area (Å²) in [7, 11) is 0. The zero-order valence-corrected chi connectivity index (χ0v) is 4.12. The van der Waals surface area contributed by atoms with E-state index in [1.165, 1.54) is 5.15 Å². The monoisotopic (exact) mass is 144 g/mol. The molecule has 24 valence electrons. The van der Waals surface area contributed by atoms with Crippen molar-refractivity contribution < 1.29 is 40.4 Å². The van der Waals surface area contributed by atoms with E-state index in [1.807, 2.05) is 0 Å². The van der Waals surface area contributed by atoms with E-state index in [1.54, 1.807) is 0 Å². The van der Waals surface area contributed by atoms with Crippen molar-refractivity contribution in [2.45, 2.75) is 0 Å². The summed E-state index contributed by atoms with van der Waals surface area (Å²) in [6.07, 6.45) is 0. The van der Waals surface area contributed by atoms with E-state index in [2.05, 4.69) is 0 Å². The fourth-order valence-electron chi connectivity index (χ4n) is 0. The standard InChI is InChI=1S/F2O.Zr/c1-3-2;. The van der Waals surface area contributed by atoms with E-state index in [0.717, 1.165) is 0 Å². The largest absolute Gasteiger partial charge is 0.0209 e.